The minimum Gasteiger partial charge on any atom is -0.379 e. The highest BCUT2D eigenvalue weighted by molar-refractivity contribution is 7.22. The lowest BCUT2D eigenvalue weighted by atomic mass is 10.1. The van der Waals surface area contributed by atoms with Crippen molar-refractivity contribution in [1.82, 2.24) is 9.88 Å². The van der Waals surface area contributed by atoms with Crippen molar-refractivity contribution in [2.45, 2.75) is 20.3 Å². The molecule has 1 aliphatic rings. The van der Waals surface area contributed by atoms with Crippen LogP contribution in [0.15, 0.2) is 42.5 Å². The van der Waals surface area contributed by atoms with Gasteiger partial charge in [0.15, 0.2) is 5.13 Å². The average molecular weight is 446 g/mol. The summed E-state index contributed by atoms with van der Waals surface area (Å²) in [4.78, 5) is 22.4. The molecule has 5 nitrogen and oxygen atoms in total. The van der Waals surface area contributed by atoms with Gasteiger partial charge in [-0.2, -0.15) is 0 Å². The summed E-state index contributed by atoms with van der Waals surface area (Å²) in [7, 11) is 0. The van der Waals surface area contributed by atoms with Gasteiger partial charge in [-0.05, 0) is 50.1 Å². The number of hydrogen-bond donors (Lipinski definition) is 0. The quantitative estimate of drug-likeness (QED) is 0.551. The summed E-state index contributed by atoms with van der Waals surface area (Å²) in [6.07, 6.45) is 0.909. The number of anilines is 1. The van der Waals surface area contributed by atoms with Gasteiger partial charge in [0, 0.05) is 31.7 Å². The molecule has 0 aliphatic carbocycles. The van der Waals surface area contributed by atoms with Gasteiger partial charge in [-0.15, -0.1) is 12.4 Å². The van der Waals surface area contributed by atoms with Crippen LogP contribution < -0.4 is 4.90 Å². The van der Waals surface area contributed by atoms with Gasteiger partial charge in [-0.25, -0.2) is 4.98 Å². The second kappa shape index (κ2) is 10.4. The van der Waals surface area contributed by atoms with Crippen molar-refractivity contribution in [2.75, 3.05) is 44.3 Å². The Morgan fingerprint density at radius 3 is 2.53 bits per heavy atom. The number of thiazole rings is 1. The van der Waals surface area contributed by atoms with Crippen LogP contribution in [0.3, 0.4) is 0 Å². The molecule has 0 bridgehead atoms. The van der Waals surface area contributed by atoms with E-state index in [1.807, 2.05) is 42.2 Å². The zero-order valence-corrected chi connectivity index (χ0v) is 19.1. The number of halogens is 1. The minimum absolute atomic E-state index is 0. The van der Waals surface area contributed by atoms with Crippen molar-refractivity contribution in [3.05, 3.63) is 59.2 Å². The minimum atomic E-state index is 0. The zero-order valence-electron chi connectivity index (χ0n) is 17.5. The summed E-state index contributed by atoms with van der Waals surface area (Å²) in [6, 6.07) is 14.0. The number of carbonyl (C=O) groups excluding carboxylic acids is 1. The van der Waals surface area contributed by atoms with E-state index in [9.17, 15) is 4.79 Å². The number of ether oxygens (including phenoxy) is 1. The third-order valence-corrected chi connectivity index (χ3v) is 6.31. The highest BCUT2D eigenvalue weighted by Crippen LogP contribution is 2.30. The molecule has 2 heterocycles. The lowest BCUT2D eigenvalue weighted by Gasteiger charge is -2.27. The van der Waals surface area contributed by atoms with E-state index in [-0.39, 0.29) is 18.3 Å². The highest BCUT2D eigenvalue weighted by atomic mass is 35.5. The van der Waals surface area contributed by atoms with E-state index in [0.29, 0.717) is 12.1 Å². The summed E-state index contributed by atoms with van der Waals surface area (Å²) in [5.74, 6) is 0.0164. The molecule has 0 spiro atoms. The summed E-state index contributed by atoms with van der Waals surface area (Å²) >= 11 is 1.59. The van der Waals surface area contributed by atoms with Crippen LogP contribution in [0.25, 0.3) is 10.2 Å². The number of rotatable bonds is 6. The molecule has 30 heavy (non-hydrogen) atoms. The average Bonchev–Trinajstić information content (AvgIpc) is 3.15. The smallest absolute Gasteiger partial charge is 0.260 e. The summed E-state index contributed by atoms with van der Waals surface area (Å²) < 4.78 is 6.55. The monoisotopic (exact) mass is 445 g/mol. The fraction of sp³-hybridized carbons (Fsp3) is 0.391. The molecule has 4 rings (SSSR count). The van der Waals surface area contributed by atoms with Crippen LogP contribution in [0, 0.1) is 13.8 Å². The Labute approximate surface area is 188 Å². The van der Waals surface area contributed by atoms with Crippen molar-refractivity contribution >= 4 is 45.0 Å². The number of aryl methyl sites for hydroxylation is 2. The van der Waals surface area contributed by atoms with Crippen LogP contribution in [0.5, 0.6) is 0 Å². The summed E-state index contributed by atoms with van der Waals surface area (Å²) in [6.45, 7) is 9.25. The van der Waals surface area contributed by atoms with Gasteiger partial charge in [0.05, 0.1) is 23.4 Å². The first kappa shape index (κ1) is 22.7. The van der Waals surface area contributed by atoms with Crippen LogP contribution >= 0.6 is 23.7 Å². The molecule has 1 aromatic heterocycles. The fourth-order valence-corrected chi connectivity index (χ4v) is 4.64. The van der Waals surface area contributed by atoms with Crippen molar-refractivity contribution in [1.29, 1.82) is 0 Å². The normalized spacial score (nSPS) is 14.5. The van der Waals surface area contributed by atoms with E-state index in [2.05, 4.69) is 24.0 Å². The van der Waals surface area contributed by atoms with Gasteiger partial charge >= 0.3 is 0 Å². The molecule has 0 saturated carbocycles. The molecule has 1 amide bonds. The number of carbonyl (C=O) groups is 1. The van der Waals surface area contributed by atoms with E-state index in [4.69, 9.17) is 9.72 Å². The Morgan fingerprint density at radius 1 is 1.10 bits per heavy atom. The van der Waals surface area contributed by atoms with Crippen LogP contribution in [-0.4, -0.2) is 55.2 Å². The Hall–Kier alpha value is -1.99. The lowest BCUT2D eigenvalue weighted by Crippen LogP contribution is -2.39. The largest absolute Gasteiger partial charge is 0.379 e. The molecule has 160 valence electrons. The molecule has 7 heteroatoms. The third-order valence-electron chi connectivity index (χ3n) is 5.27. The van der Waals surface area contributed by atoms with Crippen LogP contribution in [0.2, 0.25) is 0 Å². The van der Waals surface area contributed by atoms with Crippen LogP contribution in [-0.2, 0) is 4.74 Å². The predicted octanol–water partition coefficient (Wildman–Crippen LogP) is 4.70. The van der Waals surface area contributed by atoms with Gasteiger partial charge in [-0.1, -0.05) is 35.1 Å². The summed E-state index contributed by atoms with van der Waals surface area (Å²) in [5, 5.41) is 0.776. The zero-order chi connectivity index (χ0) is 20.2. The summed E-state index contributed by atoms with van der Waals surface area (Å²) in [5.41, 5.74) is 4.01. The van der Waals surface area contributed by atoms with Gasteiger partial charge in [0.25, 0.3) is 5.91 Å². The molecule has 0 radical (unpaired) electrons. The highest BCUT2D eigenvalue weighted by Gasteiger charge is 2.22. The third kappa shape index (κ3) is 5.38. The molecule has 1 saturated heterocycles. The number of morpholine rings is 1. The first-order valence-electron chi connectivity index (χ1n) is 10.2. The fourth-order valence-electron chi connectivity index (χ4n) is 3.55. The molecular weight excluding hydrogens is 418 g/mol. The maximum Gasteiger partial charge on any atom is 0.260 e. The molecule has 0 atom stereocenters. The number of nitrogens with zero attached hydrogens (tertiary/aromatic N) is 3. The van der Waals surface area contributed by atoms with E-state index >= 15 is 0 Å². The number of aromatic nitrogens is 1. The van der Waals surface area contributed by atoms with Crippen molar-refractivity contribution in [3.8, 4) is 0 Å². The van der Waals surface area contributed by atoms with Gasteiger partial charge < -0.3 is 4.74 Å². The van der Waals surface area contributed by atoms with Gasteiger partial charge in [-0.3, -0.25) is 14.6 Å². The van der Waals surface area contributed by atoms with Crippen LogP contribution in [0.1, 0.15) is 27.9 Å². The predicted molar refractivity (Wildman–Crippen MR) is 126 cm³/mol. The second-order valence-corrected chi connectivity index (χ2v) is 8.61. The Balaban J connectivity index is 0.00000256. The van der Waals surface area contributed by atoms with E-state index < -0.39 is 0 Å². The maximum atomic E-state index is 13.3. The molecule has 3 aromatic rings. The SMILES string of the molecule is Cc1ccc(C(=O)N(CCCN2CCOCC2)c2nc3ccc(C)cc3s2)cc1.Cl. The number of fused-ring (bicyclic) bond motifs is 1. The van der Waals surface area contributed by atoms with Gasteiger partial charge in [0.1, 0.15) is 0 Å². The Kier molecular flexibility index (Phi) is 7.83. The standard InChI is InChI=1S/C23H27N3O2S.ClH/c1-17-4-7-19(8-5-17)22(27)26(11-3-10-25-12-14-28-15-13-25)23-24-20-9-6-18(2)16-21(20)29-23;/h4-9,16H,3,10-15H2,1-2H3;1H. The van der Waals surface area contributed by atoms with E-state index in [1.165, 1.54) is 5.56 Å². The number of amides is 1. The second-order valence-electron chi connectivity index (χ2n) is 7.60. The maximum absolute atomic E-state index is 13.3. The van der Waals surface area contributed by atoms with Crippen LogP contribution in [0.4, 0.5) is 5.13 Å². The molecule has 1 aliphatic heterocycles. The number of benzene rings is 2. The van der Waals surface area contributed by atoms with Crippen molar-refractivity contribution in [2.24, 2.45) is 0 Å². The Bertz CT molecular complexity index is 984. The van der Waals surface area contributed by atoms with Crippen molar-refractivity contribution in [3.63, 3.8) is 0 Å². The molecule has 2 aromatic carbocycles. The molecule has 0 N–H and O–H groups in total. The number of hydrogen-bond acceptors (Lipinski definition) is 5. The first-order chi connectivity index (χ1) is 14.1. The Morgan fingerprint density at radius 2 is 1.80 bits per heavy atom. The van der Waals surface area contributed by atoms with Gasteiger partial charge in [0.2, 0.25) is 0 Å². The molecule has 1 fully saturated rings. The van der Waals surface area contributed by atoms with E-state index in [0.717, 1.165) is 60.2 Å². The first-order valence-corrected chi connectivity index (χ1v) is 11.0. The lowest BCUT2D eigenvalue weighted by molar-refractivity contribution is 0.0376. The molecular formula is C23H28ClN3O2S. The topological polar surface area (TPSA) is 45.7 Å². The molecule has 0 unspecified atom stereocenters. The van der Waals surface area contributed by atoms with Crippen molar-refractivity contribution < 1.29 is 9.53 Å². The van der Waals surface area contributed by atoms with E-state index in [1.54, 1.807) is 11.3 Å².